The summed E-state index contributed by atoms with van der Waals surface area (Å²) in [5, 5.41) is 6.47. The zero-order chi connectivity index (χ0) is 13.8. The summed E-state index contributed by atoms with van der Waals surface area (Å²) in [5.41, 5.74) is 3.35. The molecule has 3 nitrogen and oxygen atoms in total. The van der Waals surface area contributed by atoms with Crippen LogP contribution in [0.25, 0.3) is 0 Å². The van der Waals surface area contributed by atoms with Gasteiger partial charge in [0.2, 0.25) is 5.91 Å². The molecule has 1 aliphatic rings. The zero-order valence-electron chi connectivity index (χ0n) is 12.5. The topological polar surface area (TPSA) is 41.1 Å². The second kappa shape index (κ2) is 7.65. The lowest BCUT2D eigenvalue weighted by molar-refractivity contribution is -0.116. The molecule has 0 saturated carbocycles. The summed E-state index contributed by atoms with van der Waals surface area (Å²) in [6.07, 6.45) is 2.86. The number of rotatable bonds is 4. The van der Waals surface area contributed by atoms with Crippen molar-refractivity contribution in [3.8, 4) is 0 Å². The van der Waals surface area contributed by atoms with Gasteiger partial charge in [-0.2, -0.15) is 0 Å². The third kappa shape index (κ3) is 4.22. The number of amides is 1. The van der Waals surface area contributed by atoms with Crippen molar-refractivity contribution in [3.05, 3.63) is 29.3 Å². The Hall–Kier alpha value is -1.06. The van der Waals surface area contributed by atoms with Crippen LogP contribution in [0, 0.1) is 6.92 Å². The maximum absolute atomic E-state index is 12.1. The van der Waals surface area contributed by atoms with E-state index in [9.17, 15) is 4.79 Å². The SMILES string of the molecule is Cc1cccc(C(C)C)c1NC(=O)CC1CCCN1.Cl. The van der Waals surface area contributed by atoms with Gasteiger partial charge in [0.05, 0.1) is 0 Å². The van der Waals surface area contributed by atoms with Gasteiger partial charge in [0, 0.05) is 18.2 Å². The number of carbonyl (C=O) groups is 1. The smallest absolute Gasteiger partial charge is 0.225 e. The van der Waals surface area contributed by atoms with Crippen LogP contribution < -0.4 is 10.6 Å². The highest BCUT2D eigenvalue weighted by atomic mass is 35.5. The van der Waals surface area contributed by atoms with E-state index in [1.54, 1.807) is 0 Å². The lowest BCUT2D eigenvalue weighted by Gasteiger charge is -2.17. The van der Waals surface area contributed by atoms with E-state index in [2.05, 4.69) is 49.6 Å². The van der Waals surface area contributed by atoms with E-state index < -0.39 is 0 Å². The van der Waals surface area contributed by atoms with E-state index in [4.69, 9.17) is 0 Å². The largest absolute Gasteiger partial charge is 0.326 e. The van der Waals surface area contributed by atoms with E-state index in [1.807, 2.05) is 0 Å². The van der Waals surface area contributed by atoms with Crippen LogP contribution >= 0.6 is 12.4 Å². The van der Waals surface area contributed by atoms with Gasteiger partial charge in [-0.1, -0.05) is 32.0 Å². The molecule has 1 saturated heterocycles. The van der Waals surface area contributed by atoms with Gasteiger partial charge in [-0.3, -0.25) is 4.79 Å². The fourth-order valence-corrected chi connectivity index (χ4v) is 2.69. The second-order valence-corrected chi connectivity index (χ2v) is 5.74. The maximum Gasteiger partial charge on any atom is 0.225 e. The Balaban J connectivity index is 0.00000200. The zero-order valence-corrected chi connectivity index (χ0v) is 13.3. The monoisotopic (exact) mass is 296 g/mol. The second-order valence-electron chi connectivity index (χ2n) is 5.74. The van der Waals surface area contributed by atoms with Crippen LogP contribution in [0.4, 0.5) is 5.69 Å². The van der Waals surface area contributed by atoms with E-state index in [-0.39, 0.29) is 18.3 Å². The number of anilines is 1. The molecule has 0 aromatic heterocycles. The summed E-state index contributed by atoms with van der Waals surface area (Å²) in [5.74, 6) is 0.537. The Morgan fingerprint density at radius 3 is 2.80 bits per heavy atom. The number of para-hydroxylation sites is 1. The summed E-state index contributed by atoms with van der Waals surface area (Å²) < 4.78 is 0. The number of aryl methyl sites for hydroxylation is 1. The van der Waals surface area contributed by atoms with Crippen LogP contribution in [0.15, 0.2) is 18.2 Å². The highest BCUT2D eigenvalue weighted by molar-refractivity contribution is 5.92. The van der Waals surface area contributed by atoms with E-state index in [0.29, 0.717) is 18.4 Å². The highest BCUT2D eigenvalue weighted by Gasteiger charge is 2.19. The minimum atomic E-state index is 0. The van der Waals surface area contributed by atoms with Gasteiger partial charge in [-0.15, -0.1) is 12.4 Å². The summed E-state index contributed by atoms with van der Waals surface area (Å²) in [6, 6.07) is 6.56. The molecule has 20 heavy (non-hydrogen) atoms. The molecule has 4 heteroatoms. The van der Waals surface area contributed by atoms with Crippen molar-refractivity contribution in [2.24, 2.45) is 0 Å². The Labute approximate surface area is 127 Å². The van der Waals surface area contributed by atoms with Gasteiger partial charge >= 0.3 is 0 Å². The molecule has 0 bridgehead atoms. The molecule has 1 unspecified atom stereocenters. The van der Waals surface area contributed by atoms with Crippen molar-refractivity contribution in [3.63, 3.8) is 0 Å². The summed E-state index contributed by atoms with van der Waals surface area (Å²) in [4.78, 5) is 12.1. The number of carbonyl (C=O) groups excluding carboxylic acids is 1. The van der Waals surface area contributed by atoms with Gasteiger partial charge in [0.15, 0.2) is 0 Å². The van der Waals surface area contributed by atoms with Crippen LogP contribution in [0.5, 0.6) is 0 Å². The van der Waals surface area contributed by atoms with Crippen LogP contribution in [-0.2, 0) is 4.79 Å². The molecule has 2 rings (SSSR count). The normalized spacial score (nSPS) is 17.9. The lowest BCUT2D eigenvalue weighted by Crippen LogP contribution is -2.28. The third-order valence-electron chi connectivity index (χ3n) is 3.79. The van der Waals surface area contributed by atoms with Crippen molar-refractivity contribution >= 4 is 24.0 Å². The molecule has 0 spiro atoms. The van der Waals surface area contributed by atoms with Crippen LogP contribution in [0.2, 0.25) is 0 Å². The van der Waals surface area contributed by atoms with Crippen LogP contribution in [0.1, 0.15) is 50.2 Å². The van der Waals surface area contributed by atoms with Crippen molar-refractivity contribution in [1.29, 1.82) is 0 Å². The first-order chi connectivity index (χ1) is 9.08. The first-order valence-corrected chi connectivity index (χ1v) is 7.20. The maximum atomic E-state index is 12.1. The molecule has 0 radical (unpaired) electrons. The molecular formula is C16H25ClN2O. The Morgan fingerprint density at radius 2 is 2.20 bits per heavy atom. The molecule has 1 aliphatic heterocycles. The van der Waals surface area contributed by atoms with E-state index in [0.717, 1.165) is 24.2 Å². The van der Waals surface area contributed by atoms with Gasteiger partial charge in [-0.25, -0.2) is 0 Å². The standard InChI is InChI=1S/C16H24N2O.ClH/c1-11(2)14-8-4-6-12(3)16(14)18-15(19)10-13-7-5-9-17-13;/h4,6,8,11,13,17H,5,7,9-10H2,1-3H3,(H,18,19);1H. The highest BCUT2D eigenvalue weighted by Crippen LogP contribution is 2.27. The average Bonchev–Trinajstić information content (AvgIpc) is 2.84. The average molecular weight is 297 g/mol. The minimum absolute atomic E-state index is 0. The molecular weight excluding hydrogens is 272 g/mol. The van der Waals surface area contributed by atoms with Crippen LogP contribution in [-0.4, -0.2) is 18.5 Å². The summed E-state index contributed by atoms with van der Waals surface area (Å²) in [6.45, 7) is 7.40. The predicted octanol–water partition coefficient (Wildman–Crippen LogP) is 3.62. The molecule has 112 valence electrons. The molecule has 1 aromatic carbocycles. The quantitative estimate of drug-likeness (QED) is 0.891. The number of halogens is 1. The fraction of sp³-hybridized carbons (Fsp3) is 0.562. The number of hydrogen-bond acceptors (Lipinski definition) is 2. The van der Waals surface area contributed by atoms with Gasteiger partial charge in [-0.05, 0) is 43.4 Å². The molecule has 1 aromatic rings. The van der Waals surface area contributed by atoms with E-state index >= 15 is 0 Å². The number of nitrogens with one attached hydrogen (secondary N) is 2. The molecule has 1 fully saturated rings. The van der Waals surface area contributed by atoms with Crippen molar-refractivity contribution < 1.29 is 4.79 Å². The van der Waals surface area contributed by atoms with E-state index in [1.165, 1.54) is 12.0 Å². The summed E-state index contributed by atoms with van der Waals surface area (Å²) in [7, 11) is 0. The third-order valence-corrected chi connectivity index (χ3v) is 3.79. The van der Waals surface area contributed by atoms with Crippen molar-refractivity contribution in [1.82, 2.24) is 5.32 Å². The van der Waals surface area contributed by atoms with Crippen molar-refractivity contribution in [2.45, 2.75) is 52.0 Å². The molecule has 1 heterocycles. The summed E-state index contributed by atoms with van der Waals surface area (Å²) >= 11 is 0. The van der Waals surface area contributed by atoms with Gasteiger partial charge in [0.25, 0.3) is 0 Å². The Bertz CT molecular complexity index is 454. The molecule has 1 atom stereocenters. The van der Waals surface area contributed by atoms with Gasteiger partial charge < -0.3 is 10.6 Å². The Morgan fingerprint density at radius 1 is 1.45 bits per heavy atom. The van der Waals surface area contributed by atoms with Crippen molar-refractivity contribution in [2.75, 3.05) is 11.9 Å². The molecule has 1 amide bonds. The van der Waals surface area contributed by atoms with Gasteiger partial charge in [0.1, 0.15) is 0 Å². The predicted molar refractivity (Wildman–Crippen MR) is 86.8 cm³/mol. The minimum Gasteiger partial charge on any atom is -0.326 e. The lowest BCUT2D eigenvalue weighted by atomic mass is 9.98. The fourth-order valence-electron chi connectivity index (χ4n) is 2.69. The molecule has 0 aliphatic carbocycles. The Kier molecular flexibility index (Phi) is 6.50. The number of hydrogen-bond donors (Lipinski definition) is 2. The first-order valence-electron chi connectivity index (χ1n) is 7.20. The number of benzene rings is 1. The van der Waals surface area contributed by atoms with Crippen LogP contribution in [0.3, 0.4) is 0 Å². The molecule has 2 N–H and O–H groups in total. The first kappa shape index (κ1) is 17.0.